The van der Waals surface area contributed by atoms with Crippen molar-refractivity contribution >= 4 is 18.1 Å². The van der Waals surface area contributed by atoms with Crippen LogP contribution >= 0.6 is 0 Å². The molecule has 0 spiro atoms. The summed E-state index contributed by atoms with van der Waals surface area (Å²) >= 11 is 0. The summed E-state index contributed by atoms with van der Waals surface area (Å²) in [7, 11) is 0. The Labute approximate surface area is 211 Å². The molecule has 0 aliphatic heterocycles. The molecule has 0 radical (unpaired) electrons. The number of alkyl halides is 3. The first-order chi connectivity index (χ1) is 18.2. The standard InChI is InChI=1S/C22H18F4N6O3.CH2O2/c23-15-2-1-5-27-19(15)20-16(10-32(31-20)13-6-14(7-13)34-11-22(24,25)26)30-21(33)18-4-3-17(35-18)12-8-28-29-9-12;2-1-3/h1-5,8-10,13-14H,6-7,11H2,(H,28,29)(H,30,33);1H,(H,2,3). The van der Waals surface area contributed by atoms with E-state index in [1.165, 1.54) is 41.5 Å². The molecule has 1 fully saturated rings. The molecule has 1 saturated carbocycles. The molecule has 5 rings (SSSR count). The molecule has 0 bridgehead atoms. The van der Waals surface area contributed by atoms with E-state index >= 15 is 0 Å². The van der Waals surface area contributed by atoms with E-state index < -0.39 is 30.6 Å². The Bertz CT molecular complexity index is 1380. The highest BCUT2D eigenvalue weighted by Gasteiger charge is 2.37. The number of rotatable bonds is 7. The lowest BCUT2D eigenvalue weighted by atomic mass is 9.89. The van der Waals surface area contributed by atoms with Gasteiger partial charge in [-0.25, -0.2) is 4.39 Å². The summed E-state index contributed by atoms with van der Waals surface area (Å²) in [4.78, 5) is 25.2. The van der Waals surface area contributed by atoms with Crippen molar-refractivity contribution in [1.29, 1.82) is 0 Å². The number of H-pyrrole nitrogens is 1. The second kappa shape index (κ2) is 11.2. The molecule has 0 atom stereocenters. The Balaban J connectivity index is 0.00000107. The molecule has 0 aromatic carbocycles. The average Bonchev–Trinajstić information content (AvgIpc) is 3.59. The van der Waals surface area contributed by atoms with Gasteiger partial charge in [0.1, 0.15) is 23.8 Å². The Morgan fingerprint density at radius 3 is 2.71 bits per heavy atom. The number of nitrogens with zero attached hydrogens (tertiary/aromatic N) is 4. The predicted octanol–water partition coefficient (Wildman–Crippen LogP) is 4.30. The Morgan fingerprint density at radius 1 is 1.29 bits per heavy atom. The molecule has 4 aromatic heterocycles. The van der Waals surface area contributed by atoms with Crippen molar-refractivity contribution in [2.75, 3.05) is 11.9 Å². The van der Waals surface area contributed by atoms with Gasteiger partial charge in [-0.05, 0) is 37.1 Å². The van der Waals surface area contributed by atoms with E-state index in [2.05, 4.69) is 25.6 Å². The highest BCUT2D eigenvalue weighted by molar-refractivity contribution is 6.04. The lowest BCUT2D eigenvalue weighted by molar-refractivity contribution is -0.196. The second-order valence-electron chi connectivity index (χ2n) is 8.09. The van der Waals surface area contributed by atoms with Gasteiger partial charge in [0.15, 0.2) is 11.6 Å². The van der Waals surface area contributed by atoms with Gasteiger partial charge in [0.2, 0.25) is 0 Å². The van der Waals surface area contributed by atoms with Gasteiger partial charge in [0.05, 0.1) is 29.6 Å². The van der Waals surface area contributed by atoms with Crippen LogP contribution in [0, 0.1) is 5.82 Å². The van der Waals surface area contributed by atoms with Crippen LogP contribution in [-0.4, -0.2) is 61.3 Å². The van der Waals surface area contributed by atoms with Crippen LogP contribution in [-0.2, 0) is 9.53 Å². The van der Waals surface area contributed by atoms with Crippen LogP contribution in [0.25, 0.3) is 22.7 Å². The maximum atomic E-state index is 14.5. The smallest absolute Gasteiger partial charge is 0.411 e. The zero-order valence-corrected chi connectivity index (χ0v) is 19.4. The van der Waals surface area contributed by atoms with Crippen molar-refractivity contribution in [3.63, 3.8) is 0 Å². The number of carbonyl (C=O) groups excluding carboxylic acids is 1. The Kier molecular flexibility index (Phi) is 7.85. The third-order valence-corrected chi connectivity index (χ3v) is 5.50. The number of nitrogens with one attached hydrogen (secondary N) is 2. The summed E-state index contributed by atoms with van der Waals surface area (Å²) in [5.74, 6) is -0.814. The minimum Gasteiger partial charge on any atom is -0.483 e. The van der Waals surface area contributed by atoms with E-state index in [0.717, 1.165) is 0 Å². The van der Waals surface area contributed by atoms with Crippen molar-refractivity contribution in [3.05, 3.63) is 60.6 Å². The molecule has 15 heteroatoms. The number of pyridine rings is 1. The first-order valence-corrected chi connectivity index (χ1v) is 11.0. The third-order valence-electron chi connectivity index (χ3n) is 5.50. The maximum Gasteiger partial charge on any atom is 0.411 e. The Hall–Kier alpha value is -4.53. The SMILES string of the molecule is O=C(Nc1cn(C2CC(OCC(F)(F)F)C2)nc1-c1ncccc1F)c1ccc(-c2cn[nH]c2)o1.O=CO. The van der Waals surface area contributed by atoms with E-state index in [-0.39, 0.29) is 35.3 Å². The zero-order valence-electron chi connectivity index (χ0n) is 19.4. The summed E-state index contributed by atoms with van der Waals surface area (Å²) in [6.07, 6.45) is 1.64. The molecule has 0 saturated heterocycles. The number of aromatic amines is 1. The zero-order chi connectivity index (χ0) is 27.3. The molecule has 11 nitrogen and oxygen atoms in total. The minimum absolute atomic E-state index is 0.00523. The number of aromatic nitrogens is 5. The third kappa shape index (κ3) is 6.23. The average molecular weight is 536 g/mol. The van der Waals surface area contributed by atoms with Crippen LogP contribution in [0.15, 0.2) is 53.5 Å². The molecule has 1 amide bonds. The van der Waals surface area contributed by atoms with Gasteiger partial charge in [0, 0.05) is 18.6 Å². The molecule has 38 heavy (non-hydrogen) atoms. The molecule has 1 aliphatic carbocycles. The normalized spacial score (nSPS) is 16.7. The summed E-state index contributed by atoms with van der Waals surface area (Å²) in [6.45, 7) is -1.57. The minimum atomic E-state index is -4.40. The van der Waals surface area contributed by atoms with E-state index in [1.54, 1.807) is 12.3 Å². The molecule has 3 N–H and O–H groups in total. The lowest BCUT2D eigenvalue weighted by Crippen LogP contribution is -2.36. The number of amides is 1. The van der Waals surface area contributed by atoms with E-state index in [4.69, 9.17) is 19.1 Å². The van der Waals surface area contributed by atoms with Crippen molar-refractivity contribution in [2.45, 2.75) is 31.2 Å². The van der Waals surface area contributed by atoms with Crippen molar-refractivity contribution < 1.29 is 41.4 Å². The number of ether oxygens (including phenoxy) is 1. The molecule has 0 unspecified atom stereocenters. The van der Waals surface area contributed by atoms with Crippen LogP contribution in [0.3, 0.4) is 0 Å². The largest absolute Gasteiger partial charge is 0.483 e. The first-order valence-electron chi connectivity index (χ1n) is 11.0. The van der Waals surface area contributed by atoms with Crippen molar-refractivity contribution in [1.82, 2.24) is 25.0 Å². The fourth-order valence-electron chi connectivity index (χ4n) is 3.69. The highest BCUT2D eigenvalue weighted by Crippen LogP contribution is 2.38. The maximum absolute atomic E-state index is 14.5. The van der Waals surface area contributed by atoms with Crippen molar-refractivity contribution in [3.8, 4) is 22.7 Å². The molecule has 4 heterocycles. The van der Waals surface area contributed by atoms with Gasteiger partial charge in [-0.15, -0.1) is 0 Å². The fourth-order valence-corrected chi connectivity index (χ4v) is 3.69. The number of halogens is 4. The number of anilines is 1. The fraction of sp³-hybridized carbons (Fsp3) is 0.261. The molecular formula is C23H20F4N6O5. The van der Waals surface area contributed by atoms with E-state index in [1.807, 2.05) is 0 Å². The molecular weight excluding hydrogens is 516 g/mol. The molecule has 1 aliphatic rings. The quantitative estimate of drug-likeness (QED) is 0.234. The van der Waals surface area contributed by atoms with E-state index in [9.17, 15) is 22.4 Å². The number of furan rings is 1. The van der Waals surface area contributed by atoms with Crippen LogP contribution in [0.5, 0.6) is 0 Å². The molecule has 4 aromatic rings. The van der Waals surface area contributed by atoms with Crippen LogP contribution < -0.4 is 5.32 Å². The lowest BCUT2D eigenvalue weighted by Gasteiger charge is -2.35. The van der Waals surface area contributed by atoms with Gasteiger partial charge in [0.25, 0.3) is 12.4 Å². The monoisotopic (exact) mass is 536 g/mol. The van der Waals surface area contributed by atoms with Gasteiger partial charge in [-0.1, -0.05) is 0 Å². The van der Waals surface area contributed by atoms with Gasteiger partial charge < -0.3 is 19.6 Å². The van der Waals surface area contributed by atoms with E-state index in [0.29, 0.717) is 24.2 Å². The number of carboxylic acid groups (broad SMARTS) is 1. The highest BCUT2D eigenvalue weighted by atomic mass is 19.4. The summed E-state index contributed by atoms with van der Waals surface area (Å²) in [5, 5.41) is 20.4. The van der Waals surface area contributed by atoms with Gasteiger partial charge in [-0.2, -0.15) is 23.4 Å². The van der Waals surface area contributed by atoms with Gasteiger partial charge in [-0.3, -0.25) is 24.4 Å². The van der Waals surface area contributed by atoms with Crippen molar-refractivity contribution in [2.24, 2.45) is 0 Å². The first kappa shape index (κ1) is 26.5. The summed E-state index contributed by atoms with van der Waals surface area (Å²) in [6, 6.07) is 5.44. The second-order valence-corrected chi connectivity index (χ2v) is 8.09. The Morgan fingerprint density at radius 2 is 2.05 bits per heavy atom. The van der Waals surface area contributed by atoms with Gasteiger partial charge >= 0.3 is 6.18 Å². The summed E-state index contributed by atoms with van der Waals surface area (Å²) < 4.78 is 63.6. The van der Waals surface area contributed by atoms with Crippen LogP contribution in [0.1, 0.15) is 29.4 Å². The molecule has 200 valence electrons. The topological polar surface area (TPSA) is 148 Å². The number of hydrogen-bond acceptors (Lipinski definition) is 7. The number of hydrogen-bond donors (Lipinski definition) is 3. The van der Waals surface area contributed by atoms with Crippen LogP contribution in [0.2, 0.25) is 0 Å². The van der Waals surface area contributed by atoms with Crippen LogP contribution in [0.4, 0.5) is 23.2 Å². The number of carbonyl (C=O) groups is 2. The predicted molar refractivity (Wildman–Crippen MR) is 122 cm³/mol. The summed E-state index contributed by atoms with van der Waals surface area (Å²) in [5.41, 5.74) is 0.830.